The first-order valence-electron chi connectivity index (χ1n) is 6.89. The molecular weight excluding hydrogens is 248 g/mol. The van der Waals surface area contributed by atoms with Crippen LogP contribution in [0.3, 0.4) is 0 Å². The Morgan fingerprint density at radius 2 is 1.95 bits per heavy atom. The van der Waals surface area contributed by atoms with Crippen LogP contribution < -0.4 is 5.32 Å². The Labute approximate surface area is 118 Å². The Kier molecular flexibility index (Phi) is 2.33. The molecule has 4 heteroatoms. The molecule has 20 heavy (non-hydrogen) atoms. The van der Waals surface area contributed by atoms with Gasteiger partial charge in [-0.05, 0) is 31.2 Å². The fourth-order valence-corrected chi connectivity index (χ4v) is 3.13. The number of rotatable bonds is 1. The lowest BCUT2D eigenvalue weighted by Gasteiger charge is -2.46. The summed E-state index contributed by atoms with van der Waals surface area (Å²) >= 11 is 0. The normalized spacial score (nSPS) is 23.6. The van der Waals surface area contributed by atoms with E-state index >= 15 is 0 Å². The summed E-state index contributed by atoms with van der Waals surface area (Å²) in [5, 5.41) is 3.68. The maximum Gasteiger partial charge on any atom is 0.135 e. The van der Waals surface area contributed by atoms with Crippen LogP contribution in [0.2, 0.25) is 0 Å². The van der Waals surface area contributed by atoms with Gasteiger partial charge in [0.2, 0.25) is 0 Å². The average molecular weight is 264 g/mol. The number of aliphatic imine (C=N–C) groups is 1. The van der Waals surface area contributed by atoms with E-state index in [2.05, 4.69) is 58.5 Å². The lowest BCUT2D eigenvalue weighted by molar-refractivity contribution is 0.242. The molecule has 3 heterocycles. The first kappa shape index (κ1) is 11.5. The number of pyridine rings is 1. The molecule has 0 amide bonds. The summed E-state index contributed by atoms with van der Waals surface area (Å²) < 4.78 is 0. The lowest BCUT2D eigenvalue weighted by atomic mass is 9.94. The van der Waals surface area contributed by atoms with Crippen LogP contribution in [-0.2, 0) is 5.66 Å². The van der Waals surface area contributed by atoms with Crippen molar-refractivity contribution < 1.29 is 0 Å². The number of para-hydroxylation sites is 1. The van der Waals surface area contributed by atoms with E-state index in [0.29, 0.717) is 0 Å². The number of aromatic nitrogens is 1. The third-order valence-electron chi connectivity index (χ3n) is 4.17. The maximum absolute atomic E-state index is 4.71. The first-order chi connectivity index (χ1) is 9.79. The molecule has 0 bridgehead atoms. The molecule has 0 fully saturated rings. The molecule has 100 valence electrons. The molecule has 0 saturated heterocycles. The predicted molar refractivity (Wildman–Crippen MR) is 79.8 cm³/mol. The highest BCUT2D eigenvalue weighted by molar-refractivity contribution is 6.06. The Morgan fingerprint density at radius 1 is 1.15 bits per heavy atom. The van der Waals surface area contributed by atoms with Crippen molar-refractivity contribution in [1.82, 2.24) is 9.88 Å². The summed E-state index contributed by atoms with van der Waals surface area (Å²) in [6, 6.07) is 12.5. The molecule has 2 aromatic rings. The average Bonchev–Trinajstić information content (AvgIpc) is 2.99. The summed E-state index contributed by atoms with van der Waals surface area (Å²) in [4.78, 5) is 11.2. The van der Waals surface area contributed by atoms with Crippen LogP contribution in [0.5, 0.6) is 0 Å². The Hall–Kier alpha value is -2.36. The zero-order chi connectivity index (χ0) is 13.6. The highest BCUT2D eigenvalue weighted by Crippen LogP contribution is 2.39. The second-order valence-corrected chi connectivity index (χ2v) is 5.34. The second-order valence-electron chi connectivity index (χ2n) is 5.34. The molecule has 1 atom stereocenters. The van der Waals surface area contributed by atoms with Crippen molar-refractivity contribution in [2.75, 3.05) is 18.4 Å². The number of nitrogens with zero attached hydrogens (tertiary/aromatic N) is 3. The van der Waals surface area contributed by atoms with Gasteiger partial charge in [0.25, 0.3) is 0 Å². The highest BCUT2D eigenvalue weighted by atomic mass is 15.4. The van der Waals surface area contributed by atoms with Crippen molar-refractivity contribution in [3.8, 4) is 0 Å². The molecule has 1 aromatic heterocycles. The standard InChI is InChI=1S/C16H16N4/c1-16(12-6-8-17-9-7-12)19-14-5-3-2-4-13(14)15-18-10-11-20(15)16/h2-9,19H,10-11H2,1H3. The maximum atomic E-state index is 4.71. The summed E-state index contributed by atoms with van der Waals surface area (Å²) in [7, 11) is 0. The predicted octanol–water partition coefficient (Wildman–Crippen LogP) is 2.44. The first-order valence-corrected chi connectivity index (χ1v) is 6.89. The van der Waals surface area contributed by atoms with Crippen LogP contribution in [0.4, 0.5) is 5.69 Å². The number of anilines is 1. The lowest BCUT2D eigenvalue weighted by Crippen LogP contribution is -2.54. The quantitative estimate of drug-likeness (QED) is 0.860. The zero-order valence-electron chi connectivity index (χ0n) is 11.4. The smallest absolute Gasteiger partial charge is 0.135 e. The van der Waals surface area contributed by atoms with Crippen LogP contribution >= 0.6 is 0 Å². The van der Waals surface area contributed by atoms with Crippen molar-refractivity contribution >= 4 is 11.5 Å². The van der Waals surface area contributed by atoms with E-state index < -0.39 is 0 Å². The SMILES string of the molecule is CC1(c2ccncc2)Nc2ccccc2C2=NCCN21. The van der Waals surface area contributed by atoms with E-state index in [9.17, 15) is 0 Å². The molecule has 1 unspecified atom stereocenters. The van der Waals surface area contributed by atoms with Crippen LogP contribution in [0.15, 0.2) is 53.8 Å². The van der Waals surface area contributed by atoms with Crippen LogP contribution in [0.25, 0.3) is 0 Å². The number of fused-ring (bicyclic) bond motifs is 3. The van der Waals surface area contributed by atoms with Gasteiger partial charge in [-0.25, -0.2) is 0 Å². The van der Waals surface area contributed by atoms with E-state index in [0.717, 1.165) is 24.6 Å². The van der Waals surface area contributed by atoms with Crippen molar-refractivity contribution in [1.29, 1.82) is 0 Å². The summed E-state index contributed by atoms with van der Waals surface area (Å²) in [5.74, 6) is 1.10. The monoisotopic (exact) mass is 264 g/mol. The Balaban J connectivity index is 1.90. The molecule has 2 aliphatic heterocycles. The fraction of sp³-hybridized carbons (Fsp3) is 0.250. The van der Waals surface area contributed by atoms with E-state index in [1.54, 1.807) is 0 Å². The molecule has 0 saturated carbocycles. The second kappa shape index (κ2) is 4.07. The third kappa shape index (κ3) is 1.48. The van der Waals surface area contributed by atoms with Crippen molar-refractivity contribution in [2.24, 2.45) is 4.99 Å². The Bertz CT molecular complexity index is 680. The number of nitrogens with one attached hydrogen (secondary N) is 1. The molecule has 4 nitrogen and oxygen atoms in total. The van der Waals surface area contributed by atoms with Crippen molar-refractivity contribution in [3.05, 3.63) is 59.9 Å². The summed E-state index contributed by atoms with van der Waals surface area (Å²) in [5.41, 5.74) is 3.27. The van der Waals surface area contributed by atoms with Crippen molar-refractivity contribution in [2.45, 2.75) is 12.6 Å². The van der Waals surface area contributed by atoms with E-state index in [-0.39, 0.29) is 5.66 Å². The number of amidine groups is 1. The van der Waals surface area contributed by atoms with Gasteiger partial charge in [0.15, 0.2) is 0 Å². The molecule has 1 aromatic carbocycles. The molecule has 0 radical (unpaired) electrons. The molecule has 4 rings (SSSR count). The van der Waals surface area contributed by atoms with Gasteiger partial charge in [-0.2, -0.15) is 0 Å². The van der Waals surface area contributed by atoms with Crippen LogP contribution in [0, 0.1) is 0 Å². The van der Waals surface area contributed by atoms with Gasteiger partial charge in [-0.3, -0.25) is 9.98 Å². The molecule has 0 spiro atoms. The van der Waals surface area contributed by atoms with Gasteiger partial charge >= 0.3 is 0 Å². The van der Waals surface area contributed by atoms with E-state index in [4.69, 9.17) is 4.99 Å². The van der Waals surface area contributed by atoms with Gasteiger partial charge in [0, 0.05) is 35.8 Å². The van der Waals surface area contributed by atoms with Crippen molar-refractivity contribution in [3.63, 3.8) is 0 Å². The van der Waals surface area contributed by atoms with Gasteiger partial charge in [-0.1, -0.05) is 12.1 Å². The molecular formula is C16H16N4. The minimum atomic E-state index is -0.271. The van der Waals surface area contributed by atoms with Gasteiger partial charge in [0.1, 0.15) is 11.5 Å². The number of hydrogen-bond donors (Lipinski definition) is 1. The summed E-state index contributed by atoms with van der Waals surface area (Å²) in [6.45, 7) is 4.00. The largest absolute Gasteiger partial charge is 0.359 e. The summed E-state index contributed by atoms with van der Waals surface area (Å²) in [6.07, 6.45) is 3.69. The zero-order valence-corrected chi connectivity index (χ0v) is 11.4. The van der Waals surface area contributed by atoms with Crippen LogP contribution in [-0.4, -0.2) is 28.8 Å². The fourth-order valence-electron chi connectivity index (χ4n) is 3.13. The molecule has 1 N–H and O–H groups in total. The number of benzene rings is 1. The Morgan fingerprint density at radius 3 is 2.80 bits per heavy atom. The number of hydrogen-bond acceptors (Lipinski definition) is 4. The third-order valence-corrected chi connectivity index (χ3v) is 4.17. The molecule has 0 aliphatic carbocycles. The highest BCUT2D eigenvalue weighted by Gasteiger charge is 2.42. The topological polar surface area (TPSA) is 40.5 Å². The molecule has 2 aliphatic rings. The van der Waals surface area contributed by atoms with Crippen LogP contribution in [0.1, 0.15) is 18.1 Å². The van der Waals surface area contributed by atoms with Gasteiger partial charge < -0.3 is 10.2 Å². The van der Waals surface area contributed by atoms with Gasteiger partial charge in [-0.15, -0.1) is 0 Å². The van der Waals surface area contributed by atoms with Gasteiger partial charge in [0.05, 0.1) is 6.54 Å². The minimum absolute atomic E-state index is 0.271. The van der Waals surface area contributed by atoms with E-state index in [1.165, 1.54) is 11.1 Å². The van der Waals surface area contributed by atoms with E-state index in [1.807, 2.05) is 12.4 Å². The minimum Gasteiger partial charge on any atom is -0.359 e.